The van der Waals surface area contributed by atoms with Crippen molar-refractivity contribution in [1.82, 2.24) is 0 Å². The van der Waals surface area contributed by atoms with Gasteiger partial charge in [0.15, 0.2) is 5.78 Å². The third-order valence-electron chi connectivity index (χ3n) is 3.03. The monoisotopic (exact) mass is 254 g/mol. The SMILES string of the molecule is C[Si](C)(C)c1cccc(C(=O)c2ccccc2)c1. The maximum atomic E-state index is 12.3. The molecule has 2 aromatic carbocycles. The molecule has 0 fully saturated rings. The molecule has 0 saturated carbocycles. The summed E-state index contributed by atoms with van der Waals surface area (Å²) in [5, 5.41) is 1.32. The average Bonchev–Trinajstić information content (AvgIpc) is 2.38. The maximum Gasteiger partial charge on any atom is 0.193 e. The lowest BCUT2D eigenvalue weighted by atomic mass is 10.0. The summed E-state index contributed by atoms with van der Waals surface area (Å²) >= 11 is 0. The summed E-state index contributed by atoms with van der Waals surface area (Å²) < 4.78 is 0. The minimum absolute atomic E-state index is 0.107. The Labute approximate surface area is 109 Å². The van der Waals surface area contributed by atoms with Crippen LogP contribution in [-0.2, 0) is 0 Å². The molecule has 1 nitrogen and oxygen atoms in total. The zero-order chi connectivity index (χ0) is 13.2. The molecule has 0 unspecified atom stereocenters. The van der Waals surface area contributed by atoms with Gasteiger partial charge in [-0.25, -0.2) is 0 Å². The van der Waals surface area contributed by atoms with Crippen LogP contribution in [0.2, 0.25) is 19.6 Å². The van der Waals surface area contributed by atoms with Crippen LogP contribution in [0.4, 0.5) is 0 Å². The summed E-state index contributed by atoms with van der Waals surface area (Å²) in [6, 6.07) is 17.5. The highest BCUT2D eigenvalue weighted by Gasteiger charge is 2.18. The number of hydrogen-bond acceptors (Lipinski definition) is 1. The fourth-order valence-electron chi connectivity index (χ4n) is 1.88. The Morgan fingerprint density at radius 1 is 0.833 bits per heavy atom. The predicted octanol–water partition coefficient (Wildman–Crippen LogP) is 3.46. The van der Waals surface area contributed by atoms with Crippen molar-refractivity contribution in [2.75, 3.05) is 0 Å². The Hall–Kier alpha value is -1.67. The quantitative estimate of drug-likeness (QED) is 0.605. The van der Waals surface area contributed by atoms with E-state index in [0.29, 0.717) is 0 Å². The van der Waals surface area contributed by atoms with Crippen molar-refractivity contribution < 1.29 is 4.79 Å². The van der Waals surface area contributed by atoms with Gasteiger partial charge in [-0.1, -0.05) is 79.4 Å². The van der Waals surface area contributed by atoms with Gasteiger partial charge in [0.2, 0.25) is 0 Å². The fourth-order valence-corrected chi connectivity index (χ4v) is 3.07. The number of hydrogen-bond donors (Lipinski definition) is 0. The normalized spacial score (nSPS) is 11.3. The van der Waals surface area contributed by atoms with Crippen molar-refractivity contribution in [1.29, 1.82) is 0 Å². The molecule has 2 rings (SSSR count). The van der Waals surface area contributed by atoms with E-state index in [4.69, 9.17) is 0 Å². The number of ketones is 1. The van der Waals surface area contributed by atoms with Crippen molar-refractivity contribution in [2.45, 2.75) is 19.6 Å². The van der Waals surface area contributed by atoms with Crippen LogP contribution < -0.4 is 5.19 Å². The van der Waals surface area contributed by atoms with E-state index in [1.807, 2.05) is 42.5 Å². The van der Waals surface area contributed by atoms with Gasteiger partial charge >= 0.3 is 0 Å². The number of carbonyl (C=O) groups is 1. The molecule has 0 aromatic heterocycles. The van der Waals surface area contributed by atoms with Crippen molar-refractivity contribution in [2.24, 2.45) is 0 Å². The molecule has 18 heavy (non-hydrogen) atoms. The molecule has 0 saturated heterocycles. The summed E-state index contributed by atoms with van der Waals surface area (Å²) in [6.45, 7) is 6.87. The van der Waals surface area contributed by atoms with Gasteiger partial charge in [-0.3, -0.25) is 4.79 Å². The van der Waals surface area contributed by atoms with Crippen LogP contribution >= 0.6 is 0 Å². The van der Waals surface area contributed by atoms with Crippen molar-refractivity contribution in [3.8, 4) is 0 Å². The summed E-state index contributed by atoms with van der Waals surface area (Å²) in [5.41, 5.74) is 1.55. The lowest BCUT2D eigenvalue weighted by Gasteiger charge is -2.17. The zero-order valence-electron chi connectivity index (χ0n) is 11.1. The molecule has 0 atom stereocenters. The molecule has 0 aliphatic rings. The van der Waals surface area contributed by atoms with Crippen LogP contribution in [0.15, 0.2) is 54.6 Å². The van der Waals surface area contributed by atoms with E-state index in [9.17, 15) is 4.79 Å². The van der Waals surface area contributed by atoms with Gasteiger partial charge < -0.3 is 0 Å². The van der Waals surface area contributed by atoms with E-state index < -0.39 is 8.07 Å². The first-order valence-corrected chi connectivity index (χ1v) is 9.69. The number of rotatable bonds is 3. The molecule has 0 amide bonds. The standard InChI is InChI=1S/C16H18OSi/c1-18(2,3)15-11-7-10-14(12-15)16(17)13-8-5-4-6-9-13/h4-12H,1-3H3. The highest BCUT2D eigenvalue weighted by atomic mass is 28.3. The molecule has 0 bridgehead atoms. The van der Waals surface area contributed by atoms with Gasteiger partial charge in [0, 0.05) is 11.1 Å². The molecule has 0 aliphatic heterocycles. The van der Waals surface area contributed by atoms with E-state index in [-0.39, 0.29) is 5.78 Å². The highest BCUT2D eigenvalue weighted by Crippen LogP contribution is 2.10. The van der Waals surface area contributed by atoms with Gasteiger partial charge in [-0.2, -0.15) is 0 Å². The largest absolute Gasteiger partial charge is 0.289 e. The predicted molar refractivity (Wildman–Crippen MR) is 79.3 cm³/mol. The minimum Gasteiger partial charge on any atom is -0.289 e. The first kappa shape index (κ1) is 12.8. The maximum absolute atomic E-state index is 12.3. The molecular formula is C16H18OSi. The number of carbonyl (C=O) groups excluding carboxylic acids is 1. The van der Waals surface area contributed by atoms with Crippen LogP contribution in [0.1, 0.15) is 15.9 Å². The second-order valence-corrected chi connectivity index (χ2v) is 10.6. The van der Waals surface area contributed by atoms with Crippen LogP contribution in [-0.4, -0.2) is 13.9 Å². The third-order valence-corrected chi connectivity index (χ3v) is 5.07. The lowest BCUT2D eigenvalue weighted by Crippen LogP contribution is -2.37. The average molecular weight is 254 g/mol. The smallest absolute Gasteiger partial charge is 0.193 e. The van der Waals surface area contributed by atoms with Gasteiger partial charge in [-0.05, 0) is 0 Å². The molecule has 92 valence electrons. The third kappa shape index (κ3) is 2.77. The van der Waals surface area contributed by atoms with Crippen molar-refractivity contribution >= 4 is 19.0 Å². The van der Waals surface area contributed by atoms with E-state index in [2.05, 4.69) is 31.8 Å². The van der Waals surface area contributed by atoms with Gasteiger partial charge in [0.1, 0.15) is 0 Å². The number of benzene rings is 2. The second-order valence-electron chi connectivity index (χ2n) is 5.53. The minimum atomic E-state index is -1.36. The van der Waals surface area contributed by atoms with E-state index in [0.717, 1.165) is 11.1 Å². The zero-order valence-corrected chi connectivity index (χ0v) is 12.1. The Bertz CT molecular complexity index is 553. The fraction of sp³-hybridized carbons (Fsp3) is 0.188. The summed E-state index contributed by atoms with van der Waals surface area (Å²) in [4.78, 5) is 12.3. The molecule has 2 heteroatoms. The summed E-state index contributed by atoms with van der Waals surface area (Å²) in [5.74, 6) is 0.107. The Morgan fingerprint density at radius 2 is 1.44 bits per heavy atom. The Kier molecular flexibility index (Phi) is 3.48. The first-order chi connectivity index (χ1) is 8.48. The van der Waals surface area contributed by atoms with Crippen LogP contribution in [0.3, 0.4) is 0 Å². The summed E-state index contributed by atoms with van der Waals surface area (Å²) in [7, 11) is -1.36. The van der Waals surface area contributed by atoms with Crippen molar-refractivity contribution in [3.05, 3.63) is 65.7 Å². The highest BCUT2D eigenvalue weighted by molar-refractivity contribution is 6.88. The van der Waals surface area contributed by atoms with E-state index in [1.165, 1.54) is 5.19 Å². The van der Waals surface area contributed by atoms with Crippen LogP contribution in [0.25, 0.3) is 0 Å². The molecule has 0 radical (unpaired) electrons. The molecule has 0 N–H and O–H groups in total. The van der Waals surface area contributed by atoms with Gasteiger partial charge in [0.25, 0.3) is 0 Å². The Balaban J connectivity index is 2.38. The Morgan fingerprint density at radius 3 is 2.06 bits per heavy atom. The molecule has 0 heterocycles. The van der Waals surface area contributed by atoms with E-state index in [1.54, 1.807) is 0 Å². The first-order valence-electron chi connectivity index (χ1n) is 6.19. The lowest BCUT2D eigenvalue weighted by molar-refractivity contribution is 0.103. The summed E-state index contributed by atoms with van der Waals surface area (Å²) in [6.07, 6.45) is 0. The van der Waals surface area contributed by atoms with Crippen molar-refractivity contribution in [3.63, 3.8) is 0 Å². The van der Waals surface area contributed by atoms with Gasteiger partial charge in [-0.15, -0.1) is 0 Å². The van der Waals surface area contributed by atoms with Crippen LogP contribution in [0.5, 0.6) is 0 Å². The topological polar surface area (TPSA) is 17.1 Å². The second kappa shape index (κ2) is 4.90. The molecule has 2 aromatic rings. The van der Waals surface area contributed by atoms with E-state index >= 15 is 0 Å². The molecule has 0 aliphatic carbocycles. The molecule has 0 spiro atoms. The van der Waals surface area contributed by atoms with Gasteiger partial charge in [0.05, 0.1) is 8.07 Å². The molecular weight excluding hydrogens is 236 g/mol. The van der Waals surface area contributed by atoms with Crippen LogP contribution in [0, 0.1) is 0 Å².